The van der Waals surface area contributed by atoms with E-state index in [9.17, 15) is 26.0 Å². The van der Waals surface area contributed by atoms with E-state index in [1.165, 1.54) is 41.1 Å². The third kappa shape index (κ3) is 3.83. The molecule has 0 atom stereocenters. The molecule has 0 aliphatic carbocycles. The molecule has 0 radical (unpaired) electrons. The highest BCUT2D eigenvalue weighted by Gasteiger charge is 2.38. The molecule has 3 aromatic heterocycles. The number of sulfone groups is 1. The molecule has 1 aromatic carbocycles. The van der Waals surface area contributed by atoms with Crippen molar-refractivity contribution in [3.05, 3.63) is 66.2 Å². The van der Waals surface area contributed by atoms with Crippen molar-refractivity contribution in [3.8, 4) is 11.4 Å². The van der Waals surface area contributed by atoms with Gasteiger partial charge in [-0.3, -0.25) is 0 Å². The van der Waals surface area contributed by atoms with Crippen molar-refractivity contribution < 1.29 is 30.5 Å². The Hall–Kier alpha value is -3.28. The average molecular weight is 426 g/mol. The smallest absolute Gasteiger partial charge is 0.329 e. The Morgan fingerprint density at radius 2 is 1.86 bits per heavy atom. The second-order valence-corrected chi connectivity index (χ2v) is 8.04. The van der Waals surface area contributed by atoms with Crippen molar-refractivity contribution >= 4 is 15.5 Å². The van der Waals surface area contributed by atoms with Gasteiger partial charge in [-0.05, 0) is 30.3 Å². The summed E-state index contributed by atoms with van der Waals surface area (Å²) in [7, 11) is -3.84. The van der Waals surface area contributed by atoms with E-state index in [1.807, 2.05) is 0 Å². The topological polar surface area (TPSA) is 90.4 Å². The second kappa shape index (κ2) is 6.65. The third-order valence-electron chi connectivity index (χ3n) is 3.92. The Kier molecular flexibility index (Phi) is 4.37. The van der Waals surface area contributed by atoms with Gasteiger partial charge in [0.05, 0.1) is 16.3 Å². The normalized spacial score (nSPS) is 12.6. The Bertz CT molecular complexity index is 1310. The number of hydrogen-bond acceptors (Lipinski definition) is 6. The molecule has 29 heavy (non-hydrogen) atoms. The van der Waals surface area contributed by atoms with Crippen LogP contribution in [0.2, 0.25) is 0 Å². The van der Waals surface area contributed by atoms with E-state index in [0.29, 0.717) is 5.65 Å². The fraction of sp³-hybridized carbons (Fsp3) is 0.118. The number of pyridine rings is 1. The van der Waals surface area contributed by atoms with E-state index in [1.54, 1.807) is 0 Å². The summed E-state index contributed by atoms with van der Waals surface area (Å²) in [6, 6.07) is 7.51. The van der Waals surface area contributed by atoms with Crippen molar-refractivity contribution in [1.29, 1.82) is 0 Å². The molecule has 0 saturated carbocycles. The van der Waals surface area contributed by atoms with E-state index in [0.717, 1.165) is 12.1 Å². The Morgan fingerprint density at radius 1 is 1.07 bits per heavy atom. The molecule has 150 valence electrons. The maximum Gasteiger partial charge on any atom is 0.471 e. The van der Waals surface area contributed by atoms with Crippen LogP contribution in [-0.4, -0.2) is 27.9 Å². The van der Waals surface area contributed by atoms with Gasteiger partial charge in [-0.2, -0.15) is 18.2 Å². The lowest BCUT2D eigenvalue weighted by molar-refractivity contribution is -0.159. The van der Waals surface area contributed by atoms with Gasteiger partial charge in [0.25, 0.3) is 0 Å². The summed E-state index contributed by atoms with van der Waals surface area (Å²) in [5.74, 6) is -2.90. The number of imidazole rings is 1. The number of aromatic nitrogens is 4. The molecule has 0 saturated heterocycles. The quantitative estimate of drug-likeness (QED) is 0.464. The van der Waals surface area contributed by atoms with Crippen LogP contribution in [0.5, 0.6) is 0 Å². The molecule has 0 aliphatic rings. The monoisotopic (exact) mass is 426 g/mol. The maximum absolute atomic E-state index is 13.3. The molecule has 0 fully saturated rings. The standard InChI is InChI=1S/C17H10F4N4O3S/c18-11-2-1-3-13(6-11)29(26,27)9-12-8-25-7-10(4-5-14(25)22-12)15-23-16(28-24-15)17(19,20)21/h1-8H,9H2. The largest absolute Gasteiger partial charge is 0.471 e. The van der Waals surface area contributed by atoms with Gasteiger partial charge in [-0.1, -0.05) is 11.2 Å². The van der Waals surface area contributed by atoms with Crippen LogP contribution in [0.1, 0.15) is 11.6 Å². The van der Waals surface area contributed by atoms with Crippen molar-refractivity contribution in [1.82, 2.24) is 19.5 Å². The van der Waals surface area contributed by atoms with Crippen LogP contribution in [-0.2, 0) is 21.8 Å². The number of alkyl halides is 3. The molecule has 0 spiro atoms. The first-order chi connectivity index (χ1) is 13.6. The fourth-order valence-electron chi connectivity index (χ4n) is 2.64. The Balaban J connectivity index is 1.64. The van der Waals surface area contributed by atoms with Gasteiger partial charge < -0.3 is 8.92 Å². The molecule has 0 amide bonds. The van der Waals surface area contributed by atoms with Gasteiger partial charge in [-0.15, -0.1) is 0 Å². The SMILES string of the molecule is O=S(=O)(Cc1cn2cc(-c3noc(C(F)(F)F)n3)ccc2n1)c1cccc(F)c1. The van der Waals surface area contributed by atoms with Crippen LogP contribution in [0.25, 0.3) is 17.0 Å². The van der Waals surface area contributed by atoms with E-state index in [4.69, 9.17) is 0 Å². The lowest BCUT2D eigenvalue weighted by atomic mass is 10.3. The van der Waals surface area contributed by atoms with Gasteiger partial charge in [0.15, 0.2) is 9.84 Å². The Morgan fingerprint density at radius 3 is 2.55 bits per heavy atom. The van der Waals surface area contributed by atoms with Crippen LogP contribution in [0.15, 0.2) is 58.2 Å². The van der Waals surface area contributed by atoms with Gasteiger partial charge in [0, 0.05) is 18.0 Å². The van der Waals surface area contributed by atoms with E-state index < -0.39 is 33.5 Å². The molecule has 0 aliphatic heterocycles. The number of fused-ring (bicyclic) bond motifs is 1. The molecule has 0 unspecified atom stereocenters. The second-order valence-electron chi connectivity index (χ2n) is 6.05. The van der Waals surface area contributed by atoms with Gasteiger partial charge in [0.2, 0.25) is 5.82 Å². The summed E-state index contributed by atoms with van der Waals surface area (Å²) in [6.45, 7) is 0. The lowest BCUT2D eigenvalue weighted by Gasteiger charge is -2.02. The molecular weight excluding hydrogens is 416 g/mol. The predicted molar refractivity (Wildman–Crippen MR) is 90.8 cm³/mol. The third-order valence-corrected chi connectivity index (χ3v) is 5.57. The lowest BCUT2D eigenvalue weighted by Crippen LogP contribution is -2.05. The highest BCUT2D eigenvalue weighted by Crippen LogP contribution is 2.29. The van der Waals surface area contributed by atoms with Crippen molar-refractivity contribution in [2.45, 2.75) is 16.8 Å². The number of nitrogens with zero attached hydrogens (tertiary/aromatic N) is 4. The minimum absolute atomic E-state index is 0.176. The minimum atomic E-state index is -4.76. The van der Waals surface area contributed by atoms with Crippen LogP contribution in [0, 0.1) is 5.82 Å². The average Bonchev–Trinajstić information content (AvgIpc) is 3.27. The summed E-state index contributed by atoms with van der Waals surface area (Å²) in [5, 5.41) is 3.30. The maximum atomic E-state index is 13.3. The number of hydrogen-bond donors (Lipinski definition) is 0. The van der Waals surface area contributed by atoms with Gasteiger partial charge in [-0.25, -0.2) is 17.8 Å². The van der Waals surface area contributed by atoms with Crippen molar-refractivity contribution in [2.24, 2.45) is 0 Å². The molecule has 0 bridgehead atoms. The zero-order chi connectivity index (χ0) is 20.8. The first-order valence-electron chi connectivity index (χ1n) is 7.99. The molecule has 3 heterocycles. The zero-order valence-electron chi connectivity index (χ0n) is 14.3. The fourth-order valence-corrected chi connectivity index (χ4v) is 3.91. The zero-order valence-corrected chi connectivity index (χ0v) is 15.1. The van der Waals surface area contributed by atoms with E-state index in [2.05, 4.69) is 19.6 Å². The summed E-state index contributed by atoms with van der Waals surface area (Å²) < 4.78 is 81.7. The molecule has 12 heteroatoms. The molecular formula is C17H10F4N4O3S. The summed E-state index contributed by atoms with van der Waals surface area (Å²) in [5.41, 5.74) is 0.752. The van der Waals surface area contributed by atoms with Crippen LogP contribution < -0.4 is 0 Å². The first-order valence-corrected chi connectivity index (χ1v) is 9.64. The first kappa shape index (κ1) is 19.1. The van der Waals surface area contributed by atoms with Crippen LogP contribution in [0.3, 0.4) is 0 Å². The summed E-state index contributed by atoms with van der Waals surface area (Å²) in [6.07, 6.45) is -1.96. The van der Waals surface area contributed by atoms with Crippen LogP contribution >= 0.6 is 0 Å². The summed E-state index contributed by atoms with van der Waals surface area (Å²) in [4.78, 5) is 7.30. The van der Waals surface area contributed by atoms with Crippen LogP contribution in [0.4, 0.5) is 17.6 Å². The highest BCUT2D eigenvalue weighted by atomic mass is 32.2. The van der Waals surface area contributed by atoms with E-state index in [-0.39, 0.29) is 22.0 Å². The Labute approximate surface area is 160 Å². The minimum Gasteiger partial charge on any atom is -0.329 e. The number of benzene rings is 1. The molecule has 7 nitrogen and oxygen atoms in total. The highest BCUT2D eigenvalue weighted by molar-refractivity contribution is 7.90. The predicted octanol–water partition coefficient (Wildman–Crippen LogP) is 3.52. The molecule has 4 rings (SSSR count). The molecule has 0 N–H and O–H groups in total. The number of rotatable bonds is 4. The van der Waals surface area contributed by atoms with Gasteiger partial charge >= 0.3 is 12.1 Å². The summed E-state index contributed by atoms with van der Waals surface area (Å²) >= 11 is 0. The van der Waals surface area contributed by atoms with Crippen molar-refractivity contribution in [3.63, 3.8) is 0 Å². The van der Waals surface area contributed by atoms with E-state index >= 15 is 0 Å². The molecule has 4 aromatic rings. The number of halogens is 4. The van der Waals surface area contributed by atoms with Crippen molar-refractivity contribution in [2.75, 3.05) is 0 Å². The van der Waals surface area contributed by atoms with Gasteiger partial charge in [0.1, 0.15) is 11.5 Å².